The number of nitrogens with zero attached hydrogens (tertiary/aromatic N) is 3. The van der Waals surface area contributed by atoms with Crippen LogP contribution in [-0.2, 0) is 0 Å². The first-order valence-electron chi connectivity index (χ1n) is 6.04. The van der Waals surface area contributed by atoms with Crippen molar-refractivity contribution in [2.45, 2.75) is 10.3 Å². The molecule has 0 amide bonds. The number of rotatable bonds is 4. The van der Waals surface area contributed by atoms with Gasteiger partial charge in [0, 0.05) is 16.8 Å². The van der Waals surface area contributed by atoms with E-state index in [1.165, 1.54) is 6.33 Å². The zero-order valence-corrected chi connectivity index (χ0v) is 12.0. The topological polar surface area (TPSA) is 80.5 Å². The van der Waals surface area contributed by atoms with Crippen molar-refractivity contribution in [1.82, 2.24) is 19.9 Å². The molecule has 2 aromatic heterocycles. The number of halogens is 1. The molecular weight excluding hydrogens is 294 g/mol. The van der Waals surface area contributed by atoms with Gasteiger partial charge in [-0.3, -0.25) is 0 Å². The van der Waals surface area contributed by atoms with E-state index >= 15 is 0 Å². The van der Waals surface area contributed by atoms with E-state index in [0.29, 0.717) is 17.2 Å². The number of thioether (sulfide) groups is 1. The standard InChI is InChI=1S/C13H12ClN5S/c14-9-3-1-2-8(4-9)10(5-15)20-13-11-12(17-6-16-11)18-7-19-13/h1-4,6-7,10H,5,15H2,(H,16,17,18,19). The van der Waals surface area contributed by atoms with Crippen LogP contribution in [0.15, 0.2) is 41.9 Å². The lowest BCUT2D eigenvalue weighted by Gasteiger charge is -2.14. The van der Waals surface area contributed by atoms with Gasteiger partial charge in [-0.25, -0.2) is 15.0 Å². The van der Waals surface area contributed by atoms with Gasteiger partial charge in [0.15, 0.2) is 5.65 Å². The van der Waals surface area contributed by atoms with E-state index in [-0.39, 0.29) is 5.25 Å². The second-order valence-corrected chi connectivity index (χ2v) is 5.81. The molecule has 1 aromatic carbocycles. The third-order valence-electron chi connectivity index (χ3n) is 2.88. The minimum absolute atomic E-state index is 0.0788. The van der Waals surface area contributed by atoms with Gasteiger partial charge in [-0.05, 0) is 17.7 Å². The zero-order chi connectivity index (χ0) is 13.9. The van der Waals surface area contributed by atoms with Crippen LogP contribution in [0.4, 0.5) is 0 Å². The molecule has 0 bridgehead atoms. The Hall–Kier alpha value is -1.63. The van der Waals surface area contributed by atoms with Crippen LogP contribution in [0.3, 0.4) is 0 Å². The molecule has 7 heteroatoms. The molecule has 3 aromatic rings. The third-order valence-corrected chi connectivity index (χ3v) is 4.39. The molecule has 0 saturated heterocycles. The fourth-order valence-electron chi connectivity index (χ4n) is 1.93. The smallest absolute Gasteiger partial charge is 0.181 e. The molecule has 0 aliphatic heterocycles. The maximum absolute atomic E-state index is 6.03. The summed E-state index contributed by atoms with van der Waals surface area (Å²) >= 11 is 7.61. The molecule has 20 heavy (non-hydrogen) atoms. The van der Waals surface area contributed by atoms with Crippen LogP contribution in [0.5, 0.6) is 0 Å². The minimum Gasteiger partial charge on any atom is -0.341 e. The van der Waals surface area contributed by atoms with Crippen LogP contribution < -0.4 is 5.73 Å². The van der Waals surface area contributed by atoms with Crippen LogP contribution in [0.25, 0.3) is 11.2 Å². The third kappa shape index (κ3) is 2.63. The summed E-state index contributed by atoms with van der Waals surface area (Å²) in [5, 5.41) is 1.62. The maximum Gasteiger partial charge on any atom is 0.181 e. The molecule has 0 fully saturated rings. The molecule has 0 saturated carbocycles. The SMILES string of the molecule is NCC(Sc1ncnc2nc[nH]c12)c1cccc(Cl)c1. The van der Waals surface area contributed by atoms with Crippen molar-refractivity contribution in [3.8, 4) is 0 Å². The molecule has 0 radical (unpaired) electrons. The number of aromatic nitrogens is 4. The fourth-order valence-corrected chi connectivity index (χ4v) is 3.15. The van der Waals surface area contributed by atoms with Crippen molar-refractivity contribution in [1.29, 1.82) is 0 Å². The summed E-state index contributed by atoms with van der Waals surface area (Å²) in [6.45, 7) is 0.491. The molecule has 3 rings (SSSR count). The summed E-state index contributed by atoms with van der Waals surface area (Å²) in [7, 11) is 0. The summed E-state index contributed by atoms with van der Waals surface area (Å²) in [4.78, 5) is 15.6. The van der Waals surface area contributed by atoms with Crippen LogP contribution in [0.1, 0.15) is 10.8 Å². The molecule has 102 valence electrons. The van der Waals surface area contributed by atoms with Crippen molar-refractivity contribution in [3.63, 3.8) is 0 Å². The highest BCUT2D eigenvalue weighted by Crippen LogP contribution is 2.36. The average Bonchev–Trinajstić information content (AvgIpc) is 2.94. The first kappa shape index (κ1) is 13.4. The molecule has 0 aliphatic carbocycles. The summed E-state index contributed by atoms with van der Waals surface area (Å²) in [5.74, 6) is 0. The lowest BCUT2D eigenvalue weighted by atomic mass is 10.1. The quantitative estimate of drug-likeness (QED) is 0.572. The Morgan fingerprint density at radius 2 is 2.20 bits per heavy atom. The van der Waals surface area contributed by atoms with E-state index in [1.807, 2.05) is 24.3 Å². The maximum atomic E-state index is 6.03. The van der Waals surface area contributed by atoms with Crippen molar-refractivity contribution < 1.29 is 0 Å². The van der Waals surface area contributed by atoms with Crippen molar-refractivity contribution in [2.24, 2.45) is 5.73 Å². The van der Waals surface area contributed by atoms with E-state index in [2.05, 4.69) is 19.9 Å². The highest BCUT2D eigenvalue weighted by Gasteiger charge is 2.15. The predicted octanol–water partition coefficient (Wildman–Crippen LogP) is 2.80. The highest BCUT2D eigenvalue weighted by atomic mass is 35.5. The van der Waals surface area contributed by atoms with Crippen molar-refractivity contribution in [3.05, 3.63) is 47.5 Å². The van der Waals surface area contributed by atoms with Gasteiger partial charge in [-0.2, -0.15) is 0 Å². The van der Waals surface area contributed by atoms with Crippen LogP contribution in [0.2, 0.25) is 5.02 Å². The second kappa shape index (κ2) is 5.78. The normalized spacial score (nSPS) is 12.7. The molecule has 5 nitrogen and oxygen atoms in total. The molecule has 3 N–H and O–H groups in total. The Balaban J connectivity index is 1.93. The summed E-state index contributed by atoms with van der Waals surface area (Å²) in [6, 6.07) is 7.72. The van der Waals surface area contributed by atoms with E-state index in [9.17, 15) is 0 Å². The number of hydrogen-bond donors (Lipinski definition) is 2. The number of benzene rings is 1. The molecule has 0 spiro atoms. The Kier molecular flexibility index (Phi) is 3.86. The second-order valence-electron chi connectivity index (χ2n) is 4.18. The van der Waals surface area contributed by atoms with E-state index < -0.39 is 0 Å². The van der Waals surface area contributed by atoms with Crippen LogP contribution >= 0.6 is 23.4 Å². The molecule has 1 unspecified atom stereocenters. The largest absolute Gasteiger partial charge is 0.341 e. The number of imidazole rings is 1. The van der Waals surface area contributed by atoms with Gasteiger partial charge >= 0.3 is 0 Å². The number of hydrogen-bond acceptors (Lipinski definition) is 5. The van der Waals surface area contributed by atoms with E-state index in [1.54, 1.807) is 18.1 Å². The minimum atomic E-state index is 0.0788. The van der Waals surface area contributed by atoms with Crippen molar-refractivity contribution in [2.75, 3.05) is 6.54 Å². The van der Waals surface area contributed by atoms with Gasteiger partial charge in [0.05, 0.1) is 6.33 Å². The first-order chi connectivity index (χ1) is 9.78. The van der Waals surface area contributed by atoms with E-state index in [0.717, 1.165) is 16.1 Å². The number of aromatic amines is 1. The van der Waals surface area contributed by atoms with Crippen molar-refractivity contribution >= 4 is 34.5 Å². The molecular formula is C13H12ClN5S. The van der Waals surface area contributed by atoms with Gasteiger partial charge in [0.1, 0.15) is 16.9 Å². The van der Waals surface area contributed by atoms with Gasteiger partial charge in [0.25, 0.3) is 0 Å². The number of nitrogens with one attached hydrogen (secondary N) is 1. The summed E-state index contributed by atoms with van der Waals surface area (Å²) in [5.41, 5.74) is 8.46. The van der Waals surface area contributed by atoms with Gasteiger partial charge in [-0.1, -0.05) is 35.5 Å². The van der Waals surface area contributed by atoms with Crippen LogP contribution in [-0.4, -0.2) is 26.5 Å². The van der Waals surface area contributed by atoms with E-state index in [4.69, 9.17) is 17.3 Å². The molecule has 2 heterocycles. The number of nitrogens with two attached hydrogens (primary N) is 1. The Morgan fingerprint density at radius 3 is 3.00 bits per heavy atom. The summed E-state index contributed by atoms with van der Waals surface area (Å²) < 4.78 is 0. The van der Waals surface area contributed by atoms with Gasteiger partial charge in [-0.15, -0.1) is 0 Å². The predicted molar refractivity (Wildman–Crippen MR) is 80.8 cm³/mol. The lowest BCUT2D eigenvalue weighted by Crippen LogP contribution is -2.09. The Bertz CT molecular complexity index is 729. The van der Waals surface area contributed by atoms with Gasteiger partial charge < -0.3 is 10.7 Å². The monoisotopic (exact) mass is 305 g/mol. The Labute approximate surface area is 125 Å². The number of fused-ring (bicyclic) bond motifs is 1. The molecule has 0 aliphatic rings. The molecule has 1 atom stereocenters. The zero-order valence-electron chi connectivity index (χ0n) is 10.5. The fraction of sp³-hybridized carbons (Fsp3) is 0.154. The Morgan fingerprint density at radius 1 is 1.30 bits per heavy atom. The average molecular weight is 306 g/mol. The number of H-pyrrole nitrogens is 1. The van der Waals surface area contributed by atoms with Crippen LogP contribution in [0, 0.1) is 0 Å². The highest BCUT2D eigenvalue weighted by molar-refractivity contribution is 7.99. The summed E-state index contributed by atoms with van der Waals surface area (Å²) in [6.07, 6.45) is 3.12. The first-order valence-corrected chi connectivity index (χ1v) is 7.30. The van der Waals surface area contributed by atoms with Gasteiger partial charge in [0.2, 0.25) is 0 Å². The lowest BCUT2D eigenvalue weighted by molar-refractivity contribution is 0.934.